The first-order chi connectivity index (χ1) is 8.49. The molecule has 1 aliphatic rings. The standard InChI is InChI=1S/C14H18BrNO2/c1-9-7-16(8-13(9)14(17)18)10(2)11-3-5-12(15)6-4-11/h3-6,9-10,13H,7-8H2,1-2H3,(H,17,18)/t9-,10?,13-/m1/s1. The van der Waals surface area contributed by atoms with Gasteiger partial charge in [0, 0.05) is 23.6 Å². The van der Waals surface area contributed by atoms with Crippen molar-refractivity contribution in [3.8, 4) is 0 Å². The SMILES string of the molecule is CC(c1ccc(Br)cc1)N1C[C@@H](C)[C@H](C(=O)O)C1. The number of carbonyl (C=O) groups is 1. The normalized spacial score (nSPS) is 26.2. The molecule has 1 N–H and O–H groups in total. The van der Waals surface area contributed by atoms with Gasteiger partial charge in [0.2, 0.25) is 0 Å². The third kappa shape index (κ3) is 2.75. The zero-order valence-corrected chi connectivity index (χ0v) is 12.2. The van der Waals surface area contributed by atoms with E-state index in [4.69, 9.17) is 5.11 Å². The Bertz CT molecular complexity index is 432. The summed E-state index contributed by atoms with van der Waals surface area (Å²) in [5.41, 5.74) is 1.23. The molecule has 4 heteroatoms. The van der Waals surface area contributed by atoms with Crippen molar-refractivity contribution in [2.45, 2.75) is 19.9 Å². The molecule has 0 saturated carbocycles. The molecule has 1 aliphatic heterocycles. The van der Waals surface area contributed by atoms with E-state index in [1.807, 2.05) is 19.1 Å². The highest BCUT2D eigenvalue weighted by Crippen LogP contribution is 2.31. The second kappa shape index (κ2) is 5.41. The Morgan fingerprint density at radius 3 is 2.50 bits per heavy atom. The summed E-state index contributed by atoms with van der Waals surface area (Å²) < 4.78 is 1.07. The number of hydrogen-bond donors (Lipinski definition) is 1. The Kier molecular flexibility index (Phi) is 4.07. The van der Waals surface area contributed by atoms with Crippen molar-refractivity contribution in [2.24, 2.45) is 11.8 Å². The Balaban J connectivity index is 2.09. The minimum atomic E-state index is -0.673. The summed E-state index contributed by atoms with van der Waals surface area (Å²) in [7, 11) is 0. The molecule has 0 aliphatic carbocycles. The summed E-state index contributed by atoms with van der Waals surface area (Å²) in [5, 5.41) is 9.16. The van der Waals surface area contributed by atoms with Crippen LogP contribution in [0.5, 0.6) is 0 Å². The maximum atomic E-state index is 11.1. The maximum Gasteiger partial charge on any atom is 0.308 e. The molecule has 3 atom stereocenters. The molecule has 1 fully saturated rings. The first kappa shape index (κ1) is 13.6. The molecule has 18 heavy (non-hydrogen) atoms. The molecule has 0 aromatic heterocycles. The Morgan fingerprint density at radius 1 is 1.39 bits per heavy atom. The first-order valence-electron chi connectivity index (χ1n) is 6.21. The van der Waals surface area contributed by atoms with Crippen molar-refractivity contribution in [3.63, 3.8) is 0 Å². The fraction of sp³-hybridized carbons (Fsp3) is 0.500. The lowest BCUT2D eigenvalue weighted by molar-refractivity contribution is -0.142. The molecule has 1 aromatic carbocycles. The molecule has 1 aromatic rings. The number of likely N-dealkylation sites (tertiary alicyclic amines) is 1. The molecule has 3 nitrogen and oxygen atoms in total. The van der Waals surface area contributed by atoms with Crippen molar-refractivity contribution < 1.29 is 9.90 Å². The van der Waals surface area contributed by atoms with E-state index in [1.165, 1.54) is 5.56 Å². The fourth-order valence-electron chi connectivity index (χ4n) is 2.59. The van der Waals surface area contributed by atoms with Crippen LogP contribution in [0.15, 0.2) is 28.7 Å². The van der Waals surface area contributed by atoms with Crippen LogP contribution in [0.1, 0.15) is 25.5 Å². The van der Waals surface area contributed by atoms with Crippen LogP contribution in [0.4, 0.5) is 0 Å². The van der Waals surface area contributed by atoms with Gasteiger partial charge in [0.15, 0.2) is 0 Å². The molecular weight excluding hydrogens is 294 g/mol. The molecule has 0 bridgehead atoms. The average molecular weight is 312 g/mol. The number of nitrogens with zero attached hydrogens (tertiary/aromatic N) is 1. The number of benzene rings is 1. The van der Waals surface area contributed by atoms with Gasteiger partial charge in [-0.15, -0.1) is 0 Å². The van der Waals surface area contributed by atoms with E-state index in [0.29, 0.717) is 6.54 Å². The van der Waals surface area contributed by atoms with Gasteiger partial charge in [-0.2, -0.15) is 0 Å². The average Bonchev–Trinajstić information content (AvgIpc) is 2.71. The number of rotatable bonds is 3. The van der Waals surface area contributed by atoms with Gasteiger partial charge in [0.1, 0.15) is 0 Å². The highest BCUT2D eigenvalue weighted by atomic mass is 79.9. The van der Waals surface area contributed by atoms with E-state index >= 15 is 0 Å². The number of carboxylic acid groups (broad SMARTS) is 1. The molecule has 98 valence electrons. The van der Waals surface area contributed by atoms with Gasteiger partial charge in [0.05, 0.1) is 5.92 Å². The summed E-state index contributed by atoms with van der Waals surface area (Å²) in [6.07, 6.45) is 0. The van der Waals surface area contributed by atoms with Gasteiger partial charge in [-0.1, -0.05) is 35.0 Å². The zero-order valence-electron chi connectivity index (χ0n) is 10.6. The van der Waals surface area contributed by atoms with Crippen molar-refractivity contribution in [1.29, 1.82) is 0 Å². The summed E-state index contributed by atoms with van der Waals surface area (Å²) in [6, 6.07) is 8.51. The smallest absolute Gasteiger partial charge is 0.308 e. The second-order valence-corrected chi connectivity index (χ2v) is 6.02. The number of hydrogen-bond acceptors (Lipinski definition) is 2. The molecule has 0 radical (unpaired) electrons. The monoisotopic (exact) mass is 311 g/mol. The quantitative estimate of drug-likeness (QED) is 0.932. The predicted octanol–water partition coefficient (Wildman–Crippen LogP) is 3.16. The van der Waals surface area contributed by atoms with E-state index in [0.717, 1.165) is 11.0 Å². The fourth-order valence-corrected chi connectivity index (χ4v) is 2.86. The van der Waals surface area contributed by atoms with Crippen molar-refractivity contribution >= 4 is 21.9 Å². The van der Waals surface area contributed by atoms with Gasteiger partial charge in [-0.05, 0) is 30.5 Å². The maximum absolute atomic E-state index is 11.1. The predicted molar refractivity (Wildman–Crippen MR) is 74.4 cm³/mol. The van der Waals surface area contributed by atoms with E-state index in [9.17, 15) is 4.79 Å². The Morgan fingerprint density at radius 2 is 2.00 bits per heavy atom. The largest absolute Gasteiger partial charge is 0.481 e. The van der Waals surface area contributed by atoms with Crippen LogP contribution in [-0.2, 0) is 4.79 Å². The van der Waals surface area contributed by atoms with Crippen molar-refractivity contribution in [3.05, 3.63) is 34.3 Å². The van der Waals surface area contributed by atoms with Gasteiger partial charge < -0.3 is 5.11 Å². The summed E-state index contributed by atoms with van der Waals surface area (Å²) >= 11 is 3.42. The lowest BCUT2D eigenvalue weighted by atomic mass is 9.99. The topological polar surface area (TPSA) is 40.5 Å². The molecule has 0 spiro atoms. The van der Waals surface area contributed by atoms with Gasteiger partial charge in [-0.3, -0.25) is 9.69 Å². The van der Waals surface area contributed by atoms with Crippen LogP contribution < -0.4 is 0 Å². The van der Waals surface area contributed by atoms with Crippen molar-refractivity contribution in [1.82, 2.24) is 4.90 Å². The van der Waals surface area contributed by atoms with Crippen LogP contribution >= 0.6 is 15.9 Å². The van der Waals surface area contributed by atoms with Crippen molar-refractivity contribution in [2.75, 3.05) is 13.1 Å². The van der Waals surface area contributed by atoms with E-state index in [1.54, 1.807) is 0 Å². The molecule has 2 rings (SSSR count). The number of halogens is 1. The van der Waals surface area contributed by atoms with E-state index < -0.39 is 5.97 Å². The van der Waals surface area contributed by atoms with E-state index in [-0.39, 0.29) is 17.9 Å². The third-order valence-electron chi connectivity index (χ3n) is 3.86. The second-order valence-electron chi connectivity index (χ2n) is 5.10. The lowest BCUT2D eigenvalue weighted by Crippen LogP contribution is -2.26. The zero-order chi connectivity index (χ0) is 13.3. The molecule has 1 heterocycles. The molecule has 1 saturated heterocycles. The van der Waals surface area contributed by atoms with Crippen LogP contribution in [0.3, 0.4) is 0 Å². The van der Waals surface area contributed by atoms with Gasteiger partial charge in [-0.25, -0.2) is 0 Å². The van der Waals surface area contributed by atoms with Crippen LogP contribution in [0.2, 0.25) is 0 Å². The van der Waals surface area contributed by atoms with Crippen LogP contribution in [-0.4, -0.2) is 29.1 Å². The van der Waals surface area contributed by atoms with Gasteiger partial charge in [0.25, 0.3) is 0 Å². The molecular formula is C14H18BrNO2. The number of aliphatic carboxylic acids is 1. The Hall–Kier alpha value is -0.870. The minimum Gasteiger partial charge on any atom is -0.481 e. The molecule has 1 unspecified atom stereocenters. The van der Waals surface area contributed by atoms with E-state index in [2.05, 4.69) is 39.9 Å². The number of carboxylic acids is 1. The van der Waals surface area contributed by atoms with Crippen LogP contribution in [0.25, 0.3) is 0 Å². The minimum absolute atomic E-state index is 0.223. The Labute approximate surface area is 116 Å². The van der Waals surface area contributed by atoms with Crippen LogP contribution in [0, 0.1) is 11.8 Å². The molecule has 0 amide bonds. The lowest BCUT2D eigenvalue weighted by Gasteiger charge is -2.24. The van der Waals surface area contributed by atoms with Gasteiger partial charge >= 0.3 is 5.97 Å². The highest BCUT2D eigenvalue weighted by molar-refractivity contribution is 9.10. The third-order valence-corrected chi connectivity index (χ3v) is 4.39. The highest BCUT2D eigenvalue weighted by Gasteiger charge is 2.36. The first-order valence-corrected chi connectivity index (χ1v) is 7.00. The summed E-state index contributed by atoms with van der Waals surface area (Å²) in [5.74, 6) is -0.684. The summed E-state index contributed by atoms with van der Waals surface area (Å²) in [4.78, 5) is 13.4. The summed E-state index contributed by atoms with van der Waals surface area (Å²) in [6.45, 7) is 5.66.